The van der Waals surface area contributed by atoms with Gasteiger partial charge in [0.1, 0.15) is 28.4 Å². The maximum atomic E-state index is 14.2. The third-order valence-electron chi connectivity index (χ3n) is 5.79. The molecule has 1 atom stereocenters. The zero-order valence-electron chi connectivity index (χ0n) is 18.4. The van der Waals surface area contributed by atoms with Crippen molar-refractivity contribution < 1.29 is 13.5 Å². The molecule has 3 aromatic heterocycles. The fourth-order valence-electron chi connectivity index (χ4n) is 3.89. The van der Waals surface area contributed by atoms with Crippen LogP contribution in [-0.4, -0.2) is 15.0 Å². The van der Waals surface area contributed by atoms with Gasteiger partial charge in [-0.25, -0.2) is 15.0 Å². The molecule has 5 rings (SSSR count). The third kappa shape index (κ3) is 4.09. The van der Waals surface area contributed by atoms with Crippen LogP contribution < -0.4 is 10.2 Å². The van der Waals surface area contributed by atoms with Gasteiger partial charge in [-0.2, -0.15) is 4.39 Å². The monoisotopic (exact) mass is 465 g/mol. The lowest BCUT2D eigenvalue weighted by Crippen LogP contribution is -2.12. The number of fused-ring (bicyclic) bond motifs is 1. The summed E-state index contributed by atoms with van der Waals surface area (Å²) in [6.45, 7) is 5.37. The molecule has 8 heteroatoms. The maximum absolute atomic E-state index is 14.2. The zero-order chi connectivity index (χ0) is 23.3. The summed E-state index contributed by atoms with van der Waals surface area (Å²) in [6, 6.07) is 6.52. The molecule has 0 aliphatic heterocycles. The van der Waals surface area contributed by atoms with Crippen molar-refractivity contribution in [1.82, 2.24) is 15.0 Å². The second kappa shape index (κ2) is 8.23. The van der Waals surface area contributed by atoms with Gasteiger partial charge in [0.25, 0.3) is 5.95 Å². The predicted molar refractivity (Wildman–Crippen MR) is 123 cm³/mol. The topological polar surface area (TPSA) is 78.1 Å². The zero-order valence-corrected chi connectivity index (χ0v) is 19.1. The van der Waals surface area contributed by atoms with Gasteiger partial charge in [-0.05, 0) is 63.4 Å². The molecule has 1 aromatic carbocycles. The van der Waals surface area contributed by atoms with Crippen LogP contribution in [0.3, 0.4) is 0 Å². The highest BCUT2D eigenvalue weighted by Gasteiger charge is 2.27. The lowest BCUT2D eigenvalue weighted by molar-refractivity contribution is 0.213. The molecule has 4 aromatic rings. The van der Waals surface area contributed by atoms with Crippen LogP contribution >= 0.6 is 11.6 Å². The van der Waals surface area contributed by atoms with Crippen LogP contribution in [0, 0.1) is 19.8 Å². The minimum atomic E-state index is -0.808. The summed E-state index contributed by atoms with van der Waals surface area (Å²) >= 11 is 5.74. The van der Waals surface area contributed by atoms with Crippen LogP contribution in [0.1, 0.15) is 54.3 Å². The summed E-state index contributed by atoms with van der Waals surface area (Å²) in [4.78, 5) is 25.8. The van der Waals surface area contributed by atoms with E-state index in [9.17, 15) is 9.18 Å². The summed E-state index contributed by atoms with van der Waals surface area (Å²) in [5.74, 6) is 0.805. The van der Waals surface area contributed by atoms with Gasteiger partial charge in [-0.3, -0.25) is 4.79 Å². The normalized spacial score (nSPS) is 14.5. The summed E-state index contributed by atoms with van der Waals surface area (Å²) < 4.78 is 26.3. The van der Waals surface area contributed by atoms with E-state index in [0.29, 0.717) is 39.3 Å². The first-order valence-electron chi connectivity index (χ1n) is 10.7. The van der Waals surface area contributed by atoms with Crippen molar-refractivity contribution in [2.45, 2.75) is 45.6 Å². The molecule has 0 spiro atoms. The Bertz CT molecular complexity index is 1430. The highest BCUT2D eigenvalue weighted by atomic mass is 35.5. The fraction of sp³-hybridized carbons (Fsp3) is 0.280. The Morgan fingerprint density at radius 3 is 2.58 bits per heavy atom. The highest BCUT2D eigenvalue weighted by Crippen LogP contribution is 2.38. The molecule has 168 valence electrons. The summed E-state index contributed by atoms with van der Waals surface area (Å²) in [7, 11) is 0. The number of halogens is 2. The molecule has 6 nitrogen and oxygen atoms in total. The van der Waals surface area contributed by atoms with Crippen LogP contribution in [0.25, 0.3) is 22.3 Å². The molecule has 0 radical (unpaired) electrons. The van der Waals surface area contributed by atoms with Crippen LogP contribution in [0.2, 0.25) is 5.15 Å². The van der Waals surface area contributed by atoms with Crippen molar-refractivity contribution in [3.63, 3.8) is 0 Å². The van der Waals surface area contributed by atoms with E-state index in [1.54, 1.807) is 32.3 Å². The maximum Gasteiger partial charge on any atom is 0.256 e. The van der Waals surface area contributed by atoms with Gasteiger partial charge in [0.15, 0.2) is 11.2 Å². The van der Waals surface area contributed by atoms with Crippen LogP contribution in [0.15, 0.2) is 45.9 Å². The van der Waals surface area contributed by atoms with E-state index in [-0.39, 0.29) is 16.3 Å². The number of aromatic nitrogens is 3. The molecule has 0 saturated heterocycles. The van der Waals surface area contributed by atoms with Crippen LogP contribution in [-0.2, 0) is 0 Å². The Labute approximate surface area is 194 Å². The minimum absolute atomic E-state index is 0.0366. The first-order valence-corrected chi connectivity index (χ1v) is 11.1. The number of aryl methyl sites for hydroxylation is 1. The van der Waals surface area contributed by atoms with Crippen LogP contribution in [0.5, 0.6) is 5.75 Å². The number of nitrogens with zero attached hydrogens (tertiary/aromatic N) is 3. The van der Waals surface area contributed by atoms with E-state index < -0.39 is 12.1 Å². The van der Waals surface area contributed by atoms with Crippen molar-refractivity contribution in [3.05, 3.63) is 80.5 Å². The Morgan fingerprint density at radius 2 is 1.91 bits per heavy atom. The average molecular weight is 466 g/mol. The smallest absolute Gasteiger partial charge is 0.256 e. The Morgan fingerprint density at radius 1 is 1.18 bits per heavy atom. The summed E-state index contributed by atoms with van der Waals surface area (Å²) in [5.41, 5.74) is 2.82. The molecule has 0 bridgehead atoms. The van der Waals surface area contributed by atoms with Crippen molar-refractivity contribution in [2.75, 3.05) is 0 Å². The summed E-state index contributed by atoms with van der Waals surface area (Å²) in [6.07, 6.45) is 4.97. The second-order valence-corrected chi connectivity index (χ2v) is 8.79. The van der Waals surface area contributed by atoms with E-state index in [1.165, 1.54) is 12.1 Å². The van der Waals surface area contributed by atoms with Gasteiger partial charge < -0.3 is 9.15 Å². The van der Waals surface area contributed by atoms with Gasteiger partial charge >= 0.3 is 0 Å². The first-order chi connectivity index (χ1) is 15.8. The van der Waals surface area contributed by atoms with E-state index >= 15 is 0 Å². The molecule has 0 N–H and O–H groups in total. The van der Waals surface area contributed by atoms with Gasteiger partial charge in [0, 0.05) is 29.4 Å². The van der Waals surface area contributed by atoms with Crippen LogP contribution in [0.4, 0.5) is 4.39 Å². The number of ether oxygens (including phenoxy) is 1. The van der Waals surface area contributed by atoms with E-state index in [4.69, 9.17) is 20.8 Å². The standard InChI is InChI=1S/C25H21ClFN3O3/c1-12-8-17(14(3)32-19-6-7-20(26)30-24(19)27)23-18(9-12)21(31)13(2)22(33-23)16-10-28-25(29-11-16)15-4-5-15/h6-11,14-15H,4-5H2,1-3H3/t14-/m1/s1. The Hall–Kier alpha value is -3.32. The van der Waals surface area contributed by atoms with E-state index in [2.05, 4.69) is 15.0 Å². The number of rotatable bonds is 5. The number of hydrogen-bond acceptors (Lipinski definition) is 6. The largest absolute Gasteiger partial charge is 0.481 e. The van der Waals surface area contributed by atoms with E-state index in [1.807, 2.05) is 13.0 Å². The second-order valence-electron chi connectivity index (χ2n) is 8.40. The number of pyridine rings is 1. The SMILES string of the molecule is Cc1cc([C@@H](C)Oc2ccc(Cl)nc2F)c2oc(-c3cnc(C4CC4)nc3)c(C)c(=O)c2c1. The van der Waals surface area contributed by atoms with Gasteiger partial charge in [-0.15, -0.1) is 0 Å². The van der Waals surface area contributed by atoms with E-state index in [0.717, 1.165) is 24.2 Å². The first kappa shape index (κ1) is 21.5. The molecular formula is C25H21ClFN3O3. The molecule has 1 aliphatic rings. The molecule has 0 amide bonds. The number of benzene rings is 1. The molecular weight excluding hydrogens is 445 g/mol. The molecule has 1 saturated carbocycles. The van der Waals surface area contributed by atoms with Crippen molar-refractivity contribution in [2.24, 2.45) is 0 Å². The molecule has 1 aliphatic carbocycles. The Kier molecular flexibility index (Phi) is 5.37. The highest BCUT2D eigenvalue weighted by molar-refractivity contribution is 6.29. The lowest BCUT2D eigenvalue weighted by atomic mass is 10.0. The van der Waals surface area contributed by atoms with Gasteiger partial charge in [-0.1, -0.05) is 11.6 Å². The molecule has 3 heterocycles. The van der Waals surface area contributed by atoms with Crippen molar-refractivity contribution in [3.8, 4) is 17.1 Å². The summed E-state index contributed by atoms with van der Waals surface area (Å²) in [5, 5.41) is 0.474. The predicted octanol–water partition coefficient (Wildman–Crippen LogP) is 6.07. The van der Waals surface area contributed by atoms with Crippen molar-refractivity contribution >= 4 is 22.6 Å². The molecule has 1 fully saturated rings. The van der Waals surface area contributed by atoms with Gasteiger partial charge in [0.2, 0.25) is 0 Å². The molecule has 0 unspecified atom stereocenters. The third-order valence-corrected chi connectivity index (χ3v) is 6.00. The quantitative estimate of drug-likeness (QED) is 0.333. The van der Waals surface area contributed by atoms with Crippen molar-refractivity contribution in [1.29, 1.82) is 0 Å². The average Bonchev–Trinajstić information content (AvgIpc) is 3.63. The van der Waals surface area contributed by atoms with Gasteiger partial charge in [0.05, 0.1) is 10.9 Å². The Balaban J connectivity index is 1.61. The molecule has 33 heavy (non-hydrogen) atoms. The number of hydrogen-bond donors (Lipinski definition) is 0. The minimum Gasteiger partial charge on any atom is -0.481 e. The lowest BCUT2D eigenvalue weighted by Gasteiger charge is -2.18. The fourth-order valence-corrected chi connectivity index (χ4v) is 4.03.